The van der Waals surface area contributed by atoms with Crippen LogP contribution in [0.3, 0.4) is 0 Å². The highest BCUT2D eigenvalue weighted by Gasteiger charge is 2.13. The minimum atomic E-state index is 0.424. The summed E-state index contributed by atoms with van der Waals surface area (Å²) in [6.07, 6.45) is 0.956. The molecule has 29 heavy (non-hydrogen) atoms. The van der Waals surface area contributed by atoms with Crippen molar-refractivity contribution in [2.24, 2.45) is 0 Å². The summed E-state index contributed by atoms with van der Waals surface area (Å²) in [5.41, 5.74) is 2.04. The minimum absolute atomic E-state index is 0.424. The highest BCUT2D eigenvalue weighted by Crippen LogP contribution is 2.34. The Bertz CT molecular complexity index is 933. The highest BCUT2D eigenvalue weighted by atomic mass is 79.9. The van der Waals surface area contributed by atoms with Crippen molar-refractivity contribution >= 4 is 33.5 Å². The van der Waals surface area contributed by atoms with Crippen LogP contribution in [-0.4, -0.2) is 26.8 Å². The summed E-state index contributed by atoms with van der Waals surface area (Å²) in [6.45, 7) is 6.30. The number of nitrogens with zero attached hydrogens (tertiary/aromatic N) is 4. The number of halogens is 2. The Hall–Kier alpha value is -2.32. The Morgan fingerprint density at radius 2 is 1.86 bits per heavy atom. The topological polar surface area (TPSA) is 74.1 Å². The molecule has 0 aliphatic heterocycles. The first-order chi connectivity index (χ1) is 14.1. The van der Waals surface area contributed by atoms with Crippen LogP contribution in [0, 0.1) is 0 Å². The second kappa shape index (κ2) is 10.5. The molecule has 3 rings (SSSR count). The lowest BCUT2D eigenvalue weighted by atomic mass is 10.2. The maximum Gasteiger partial charge on any atom is 0.243 e. The molecule has 0 bridgehead atoms. The number of aryl methyl sites for hydroxylation is 1. The van der Waals surface area contributed by atoms with Crippen molar-refractivity contribution in [1.82, 2.24) is 20.2 Å². The van der Waals surface area contributed by atoms with Crippen molar-refractivity contribution in [2.45, 2.75) is 40.0 Å². The third-order valence-electron chi connectivity index (χ3n) is 4.12. The first kappa shape index (κ1) is 21.4. The molecule has 0 aliphatic rings. The number of aromatic nitrogens is 4. The molecule has 0 saturated carbocycles. The predicted octanol–water partition coefficient (Wildman–Crippen LogP) is 5.09. The summed E-state index contributed by atoms with van der Waals surface area (Å²) in [7, 11) is 0. The van der Waals surface area contributed by atoms with E-state index in [-0.39, 0.29) is 0 Å². The van der Waals surface area contributed by atoms with Crippen LogP contribution in [0.5, 0.6) is 11.5 Å². The van der Waals surface area contributed by atoms with Gasteiger partial charge in [-0.15, -0.1) is 0 Å². The zero-order chi connectivity index (χ0) is 20.6. The van der Waals surface area contributed by atoms with E-state index >= 15 is 0 Å². The van der Waals surface area contributed by atoms with Crippen LogP contribution in [0.25, 0.3) is 0 Å². The zero-order valence-electron chi connectivity index (χ0n) is 16.4. The van der Waals surface area contributed by atoms with Gasteiger partial charge in [0.15, 0.2) is 11.5 Å². The molecule has 154 valence electrons. The Morgan fingerprint density at radius 1 is 1.10 bits per heavy atom. The van der Waals surface area contributed by atoms with Gasteiger partial charge in [-0.25, -0.2) is 4.68 Å². The average Bonchev–Trinajstić information content (AvgIpc) is 3.15. The first-order valence-corrected chi connectivity index (χ1v) is 10.6. The molecule has 1 N–H and O–H groups in total. The lowest BCUT2D eigenvalue weighted by Gasteiger charge is -2.15. The lowest BCUT2D eigenvalue weighted by molar-refractivity contribution is 0.269. The van der Waals surface area contributed by atoms with Gasteiger partial charge in [-0.2, -0.15) is 0 Å². The smallest absolute Gasteiger partial charge is 0.243 e. The van der Waals surface area contributed by atoms with Crippen LogP contribution in [0.2, 0.25) is 5.02 Å². The van der Waals surface area contributed by atoms with Crippen LogP contribution in [0.4, 0.5) is 5.95 Å². The van der Waals surface area contributed by atoms with Crippen LogP contribution < -0.4 is 14.8 Å². The van der Waals surface area contributed by atoms with Crippen LogP contribution in [0.15, 0.2) is 40.9 Å². The number of hydrogen-bond donors (Lipinski definition) is 1. The van der Waals surface area contributed by atoms with Gasteiger partial charge in [-0.3, -0.25) is 0 Å². The number of ether oxygens (including phenoxy) is 2. The number of rotatable bonds is 10. The number of anilines is 1. The SMILES string of the molecule is CCCn1nnnc1NCc1cc(OCC)c(OCc2ccc(Cl)cc2)cc1Br. The minimum Gasteiger partial charge on any atom is -0.490 e. The van der Waals surface area contributed by atoms with Gasteiger partial charge in [0.1, 0.15) is 6.61 Å². The fourth-order valence-electron chi connectivity index (χ4n) is 2.70. The van der Waals surface area contributed by atoms with E-state index in [2.05, 4.69) is 43.7 Å². The van der Waals surface area contributed by atoms with Crippen molar-refractivity contribution in [3.63, 3.8) is 0 Å². The van der Waals surface area contributed by atoms with Crippen molar-refractivity contribution < 1.29 is 9.47 Å². The predicted molar refractivity (Wildman–Crippen MR) is 117 cm³/mol. The van der Waals surface area contributed by atoms with Gasteiger partial charge in [0, 0.05) is 22.6 Å². The van der Waals surface area contributed by atoms with Crippen LogP contribution in [-0.2, 0) is 19.7 Å². The fraction of sp³-hybridized carbons (Fsp3) is 0.350. The zero-order valence-corrected chi connectivity index (χ0v) is 18.7. The molecular formula is C20H23BrClN5O2. The number of benzene rings is 2. The molecular weight excluding hydrogens is 458 g/mol. The normalized spacial score (nSPS) is 10.8. The van der Waals surface area contributed by atoms with Gasteiger partial charge in [-0.1, -0.05) is 51.7 Å². The van der Waals surface area contributed by atoms with Gasteiger partial charge in [0.25, 0.3) is 0 Å². The Morgan fingerprint density at radius 3 is 2.59 bits per heavy atom. The molecule has 1 heterocycles. The summed E-state index contributed by atoms with van der Waals surface area (Å²) < 4.78 is 14.5. The number of tetrazole rings is 1. The maximum atomic E-state index is 6.00. The largest absolute Gasteiger partial charge is 0.490 e. The van der Waals surface area contributed by atoms with E-state index in [0.29, 0.717) is 42.2 Å². The van der Waals surface area contributed by atoms with Gasteiger partial charge in [-0.05, 0) is 59.2 Å². The first-order valence-electron chi connectivity index (χ1n) is 9.43. The van der Waals surface area contributed by atoms with E-state index in [9.17, 15) is 0 Å². The summed E-state index contributed by atoms with van der Waals surface area (Å²) in [5, 5.41) is 15.7. The van der Waals surface area contributed by atoms with E-state index in [4.69, 9.17) is 21.1 Å². The van der Waals surface area contributed by atoms with E-state index in [1.807, 2.05) is 43.3 Å². The van der Waals surface area contributed by atoms with Crippen molar-refractivity contribution in [3.8, 4) is 11.5 Å². The molecule has 0 atom stereocenters. The highest BCUT2D eigenvalue weighted by molar-refractivity contribution is 9.10. The summed E-state index contributed by atoms with van der Waals surface area (Å²) >= 11 is 9.57. The molecule has 0 radical (unpaired) electrons. The van der Waals surface area contributed by atoms with E-state index < -0.39 is 0 Å². The molecule has 2 aromatic carbocycles. The van der Waals surface area contributed by atoms with Gasteiger partial charge in [0.05, 0.1) is 6.61 Å². The van der Waals surface area contributed by atoms with E-state index in [1.54, 1.807) is 4.68 Å². The van der Waals surface area contributed by atoms with Crippen molar-refractivity contribution in [2.75, 3.05) is 11.9 Å². The molecule has 0 spiro atoms. The van der Waals surface area contributed by atoms with Gasteiger partial charge < -0.3 is 14.8 Å². The summed E-state index contributed by atoms with van der Waals surface area (Å²) in [6, 6.07) is 11.5. The molecule has 7 nitrogen and oxygen atoms in total. The van der Waals surface area contributed by atoms with Gasteiger partial charge >= 0.3 is 0 Å². The van der Waals surface area contributed by atoms with E-state index in [1.165, 1.54) is 0 Å². The quantitative estimate of drug-likeness (QED) is 0.436. The van der Waals surface area contributed by atoms with Crippen molar-refractivity contribution in [3.05, 3.63) is 57.0 Å². The second-order valence-electron chi connectivity index (χ2n) is 6.32. The van der Waals surface area contributed by atoms with Gasteiger partial charge in [0.2, 0.25) is 5.95 Å². The molecule has 0 saturated heterocycles. The Kier molecular flexibility index (Phi) is 7.71. The Balaban J connectivity index is 1.72. The summed E-state index contributed by atoms with van der Waals surface area (Å²) in [4.78, 5) is 0. The number of hydrogen-bond acceptors (Lipinski definition) is 6. The maximum absolute atomic E-state index is 6.00. The molecule has 1 aromatic heterocycles. The molecule has 0 fully saturated rings. The Labute approximate surface area is 183 Å². The fourth-order valence-corrected chi connectivity index (χ4v) is 3.29. The second-order valence-corrected chi connectivity index (χ2v) is 7.61. The van der Waals surface area contributed by atoms with Crippen molar-refractivity contribution in [1.29, 1.82) is 0 Å². The third kappa shape index (κ3) is 5.83. The monoisotopic (exact) mass is 479 g/mol. The van der Waals surface area contributed by atoms with E-state index in [0.717, 1.165) is 28.6 Å². The molecule has 0 aliphatic carbocycles. The molecule has 0 unspecified atom stereocenters. The summed E-state index contributed by atoms with van der Waals surface area (Å²) in [5.74, 6) is 2.00. The third-order valence-corrected chi connectivity index (χ3v) is 5.11. The van der Waals surface area contributed by atoms with Crippen LogP contribution in [0.1, 0.15) is 31.4 Å². The molecule has 9 heteroatoms. The standard InChI is InChI=1S/C20H23BrClN5O2/c1-3-9-27-20(24-25-26-27)23-12-15-10-18(28-4-2)19(11-17(15)21)29-13-14-5-7-16(22)8-6-14/h5-8,10-11H,3-4,9,12-13H2,1-2H3,(H,23,24,26). The molecule has 0 amide bonds. The number of nitrogens with one attached hydrogen (secondary N) is 1. The average molecular weight is 481 g/mol. The lowest BCUT2D eigenvalue weighted by Crippen LogP contribution is -2.09. The molecule has 3 aromatic rings. The van der Waals surface area contributed by atoms with Crippen LogP contribution >= 0.6 is 27.5 Å².